The summed E-state index contributed by atoms with van der Waals surface area (Å²) in [6.45, 7) is -0.337. The lowest BCUT2D eigenvalue weighted by atomic mass is 10.1. The van der Waals surface area contributed by atoms with Gasteiger partial charge in [0.05, 0.1) is 17.6 Å². The Morgan fingerprint density at radius 1 is 1.30 bits per heavy atom. The van der Waals surface area contributed by atoms with Crippen LogP contribution in [0.15, 0.2) is 29.4 Å². The Kier molecular flexibility index (Phi) is 3.70. The number of thioether (sulfide) groups is 1. The molecule has 1 aliphatic rings. The highest BCUT2D eigenvalue weighted by Gasteiger charge is 2.44. The highest BCUT2D eigenvalue weighted by molar-refractivity contribution is 7.98. The molecule has 3 rings (SSSR count). The molecule has 0 unspecified atom stereocenters. The standard InChI is InChI=1S/C13H16N2O4S/c1-20-13-14-7-4-2-3-5-8(7)15(13)12-11(18)10(17)9(6-16)19-12/h2-5,9-12,16-18H,6H2,1H3/t9-,10+,11+,12+/m0/s1. The highest BCUT2D eigenvalue weighted by Crippen LogP contribution is 2.35. The normalized spacial score (nSPS) is 30.2. The second-order valence-corrected chi connectivity index (χ2v) is 5.46. The number of ether oxygens (including phenoxy) is 1. The SMILES string of the molecule is CSc1nc2ccccc2n1[C@@H]1O[C@@H](CO)[C@@H](O)[C@H]1O. The molecule has 1 saturated heterocycles. The third-order valence-corrected chi connectivity index (χ3v) is 4.17. The number of hydrogen-bond acceptors (Lipinski definition) is 6. The summed E-state index contributed by atoms with van der Waals surface area (Å²) in [6.07, 6.45) is -1.86. The molecule has 1 aromatic carbocycles. The molecule has 3 N–H and O–H groups in total. The van der Waals surface area contributed by atoms with Gasteiger partial charge in [0.1, 0.15) is 18.3 Å². The largest absolute Gasteiger partial charge is 0.394 e. The molecule has 1 fully saturated rings. The minimum atomic E-state index is -1.11. The maximum absolute atomic E-state index is 10.2. The molecule has 2 heterocycles. The molecule has 0 bridgehead atoms. The van der Waals surface area contributed by atoms with Crippen molar-refractivity contribution >= 4 is 22.8 Å². The van der Waals surface area contributed by atoms with E-state index in [0.29, 0.717) is 5.16 Å². The van der Waals surface area contributed by atoms with Gasteiger partial charge in [-0.05, 0) is 18.4 Å². The van der Waals surface area contributed by atoms with E-state index in [1.807, 2.05) is 30.5 Å². The van der Waals surface area contributed by atoms with Crippen molar-refractivity contribution < 1.29 is 20.1 Å². The number of hydrogen-bond donors (Lipinski definition) is 3. The Balaban J connectivity index is 2.10. The summed E-state index contributed by atoms with van der Waals surface area (Å²) < 4.78 is 7.36. The molecule has 4 atom stereocenters. The number of aromatic nitrogens is 2. The van der Waals surface area contributed by atoms with Crippen LogP contribution in [0.25, 0.3) is 11.0 Å². The van der Waals surface area contributed by atoms with Crippen LogP contribution in [0.2, 0.25) is 0 Å². The lowest BCUT2D eigenvalue weighted by Gasteiger charge is -2.19. The zero-order valence-electron chi connectivity index (χ0n) is 10.9. The first kappa shape index (κ1) is 13.8. The quantitative estimate of drug-likeness (QED) is 0.709. The summed E-state index contributed by atoms with van der Waals surface area (Å²) >= 11 is 1.44. The van der Waals surface area contributed by atoms with Gasteiger partial charge in [-0.3, -0.25) is 4.57 Å². The first-order valence-electron chi connectivity index (χ1n) is 6.30. The average Bonchev–Trinajstić information content (AvgIpc) is 2.98. The van der Waals surface area contributed by atoms with Crippen molar-refractivity contribution in [3.8, 4) is 0 Å². The molecule has 1 aromatic heterocycles. The monoisotopic (exact) mass is 296 g/mol. The van der Waals surface area contributed by atoms with Crippen LogP contribution in [-0.4, -0.2) is 56.0 Å². The molecule has 7 heteroatoms. The van der Waals surface area contributed by atoms with E-state index >= 15 is 0 Å². The first-order valence-corrected chi connectivity index (χ1v) is 7.53. The lowest BCUT2D eigenvalue weighted by molar-refractivity contribution is -0.0545. The smallest absolute Gasteiger partial charge is 0.170 e. The first-order chi connectivity index (χ1) is 9.67. The van der Waals surface area contributed by atoms with Gasteiger partial charge in [-0.2, -0.15) is 0 Å². The molecule has 108 valence electrons. The molecule has 20 heavy (non-hydrogen) atoms. The van der Waals surface area contributed by atoms with Gasteiger partial charge in [0, 0.05) is 0 Å². The van der Waals surface area contributed by atoms with Crippen molar-refractivity contribution in [2.24, 2.45) is 0 Å². The van der Waals surface area contributed by atoms with Gasteiger partial charge in [0.15, 0.2) is 11.4 Å². The van der Waals surface area contributed by atoms with E-state index in [2.05, 4.69) is 4.98 Å². The summed E-state index contributed by atoms with van der Waals surface area (Å²) in [5, 5.41) is 29.9. The molecule has 0 spiro atoms. The van der Waals surface area contributed by atoms with E-state index in [1.165, 1.54) is 11.8 Å². The Morgan fingerprint density at radius 3 is 2.70 bits per heavy atom. The molecule has 0 saturated carbocycles. The van der Waals surface area contributed by atoms with E-state index in [0.717, 1.165) is 11.0 Å². The number of fused-ring (bicyclic) bond motifs is 1. The van der Waals surface area contributed by atoms with Crippen molar-refractivity contribution in [3.63, 3.8) is 0 Å². The molecule has 2 aromatic rings. The van der Waals surface area contributed by atoms with E-state index in [9.17, 15) is 15.3 Å². The van der Waals surface area contributed by atoms with Crippen molar-refractivity contribution in [3.05, 3.63) is 24.3 Å². The van der Waals surface area contributed by atoms with Gasteiger partial charge in [0.2, 0.25) is 0 Å². The van der Waals surface area contributed by atoms with E-state index in [-0.39, 0.29) is 6.61 Å². The minimum absolute atomic E-state index is 0.337. The number of nitrogens with zero attached hydrogens (tertiary/aromatic N) is 2. The van der Waals surface area contributed by atoms with Crippen LogP contribution in [0.5, 0.6) is 0 Å². The number of aliphatic hydroxyl groups is 3. The van der Waals surface area contributed by atoms with Crippen molar-refractivity contribution in [1.82, 2.24) is 9.55 Å². The van der Waals surface area contributed by atoms with E-state index in [1.54, 1.807) is 4.57 Å². The summed E-state index contributed by atoms with van der Waals surface area (Å²) in [6, 6.07) is 7.54. The number of para-hydroxylation sites is 2. The number of benzene rings is 1. The summed E-state index contributed by atoms with van der Waals surface area (Å²) in [5.41, 5.74) is 1.63. The predicted octanol–water partition coefficient (Wildman–Crippen LogP) is 0.370. The van der Waals surface area contributed by atoms with Crippen LogP contribution < -0.4 is 0 Å². The van der Waals surface area contributed by atoms with Crippen LogP contribution in [0, 0.1) is 0 Å². The Labute approximate surface area is 120 Å². The fourth-order valence-corrected chi connectivity index (χ4v) is 3.09. The van der Waals surface area contributed by atoms with Crippen LogP contribution in [-0.2, 0) is 4.74 Å². The summed E-state index contributed by atoms with van der Waals surface area (Å²) in [4.78, 5) is 4.48. The Bertz CT molecular complexity index is 617. The minimum Gasteiger partial charge on any atom is -0.394 e. The number of imidazole rings is 1. The molecule has 6 nitrogen and oxygen atoms in total. The van der Waals surface area contributed by atoms with E-state index in [4.69, 9.17) is 4.74 Å². The maximum atomic E-state index is 10.2. The van der Waals surface area contributed by atoms with Gasteiger partial charge in [-0.25, -0.2) is 4.98 Å². The number of rotatable bonds is 3. The fourth-order valence-electron chi connectivity index (χ4n) is 2.51. The van der Waals surface area contributed by atoms with Gasteiger partial charge in [-0.15, -0.1) is 0 Å². The zero-order valence-corrected chi connectivity index (χ0v) is 11.7. The van der Waals surface area contributed by atoms with Crippen molar-refractivity contribution in [2.75, 3.05) is 12.9 Å². The third kappa shape index (κ3) is 2.02. The van der Waals surface area contributed by atoms with Gasteiger partial charge in [-0.1, -0.05) is 23.9 Å². The third-order valence-electron chi connectivity index (χ3n) is 3.52. The fraction of sp³-hybridized carbons (Fsp3) is 0.462. The topological polar surface area (TPSA) is 87.7 Å². The molecule has 1 aliphatic heterocycles. The zero-order chi connectivity index (χ0) is 14.3. The maximum Gasteiger partial charge on any atom is 0.170 e. The summed E-state index contributed by atoms with van der Waals surface area (Å²) in [7, 11) is 0. The predicted molar refractivity (Wildman–Crippen MR) is 74.5 cm³/mol. The lowest BCUT2D eigenvalue weighted by Crippen LogP contribution is -2.33. The van der Waals surface area contributed by atoms with Gasteiger partial charge in [0.25, 0.3) is 0 Å². The molecular formula is C13H16N2O4S. The molecular weight excluding hydrogens is 280 g/mol. The van der Waals surface area contributed by atoms with Gasteiger partial charge < -0.3 is 20.1 Å². The highest BCUT2D eigenvalue weighted by atomic mass is 32.2. The van der Waals surface area contributed by atoms with Crippen LogP contribution in [0.1, 0.15) is 6.23 Å². The Hall–Kier alpha value is -1.12. The van der Waals surface area contributed by atoms with Gasteiger partial charge >= 0.3 is 0 Å². The second-order valence-electron chi connectivity index (χ2n) is 4.69. The van der Waals surface area contributed by atoms with Crippen molar-refractivity contribution in [1.29, 1.82) is 0 Å². The average molecular weight is 296 g/mol. The van der Waals surface area contributed by atoms with Crippen LogP contribution in [0.4, 0.5) is 0 Å². The molecule has 0 amide bonds. The molecule has 0 aliphatic carbocycles. The second kappa shape index (κ2) is 5.34. The van der Waals surface area contributed by atoms with Crippen molar-refractivity contribution in [2.45, 2.75) is 29.7 Å². The van der Waals surface area contributed by atoms with Crippen LogP contribution in [0.3, 0.4) is 0 Å². The van der Waals surface area contributed by atoms with E-state index < -0.39 is 24.5 Å². The van der Waals surface area contributed by atoms with Crippen LogP contribution >= 0.6 is 11.8 Å². The number of aliphatic hydroxyl groups excluding tert-OH is 3. The molecule has 0 radical (unpaired) electrons. The Morgan fingerprint density at radius 2 is 2.05 bits per heavy atom. The summed E-state index contributed by atoms with van der Waals surface area (Å²) in [5.74, 6) is 0.